The quantitative estimate of drug-likeness (QED) is 0.518. The van der Waals surface area contributed by atoms with Crippen LogP contribution >= 0.6 is 0 Å². The molecule has 4 aromatic rings. The average molecular weight is 396 g/mol. The molecule has 136 valence electrons. The Balaban J connectivity index is 1.84. The summed E-state index contributed by atoms with van der Waals surface area (Å²) in [6, 6.07) is 23.8. The van der Waals surface area contributed by atoms with Gasteiger partial charge in [-0.3, -0.25) is 0 Å². The molecule has 27 heavy (non-hydrogen) atoms. The van der Waals surface area contributed by atoms with Crippen LogP contribution in [-0.4, -0.2) is 21.9 Å². The van der Waals surface area contributed by atoms with Gasteiger partial charge < -0.3 is 0 Å². The fraction of sp³-hybridized carbons (Fsp3) is 0.0476. The first-order valence-electron chi connectivity index (χ1n) is 8.29. The van der Waals surface area contributed by atoms with Gasteiger partial charge in [-0.2, -0.15) is 0 Å². The highest BCUT2D eigenvalue weighted by atomic mass is 32.3. The van der Waals surface area contributed by atoms with Crippen LogP contribution in [0.3, 0.4) is 0 Å². The molecule has 0 spiro atoms. The third-order valence-corrected chi connectivity index (χ3v) is 9.01. The van der Waals surface area contributed by atoms with Crippen LogP contribution in [0.1, 0.15) is 0 Å². The molecule has 0 heterocycles. The SMILES string of the molecule is O=S(=O)(CS(=O)(=O)c1cccc2ccccc12)c1cccc2ccccc12. The topological polar surface area (TPSA) is 68.3 Å². The molecule has 0 atom stereocenters. The van der Waals surface area contributed by atoms with Crippen molar-refractivity contribution in [1.82, 2.24) is 0 Å². The van der Waals surface area contributed by atoms with Crippen LogP contribution in [0.4, 0.5) is 0 Å². The zero-order valence-electron chi connectivity index (χ0n) is 14.2. The van der Waals surface area contributed by atoms with E-state index in [0.717, 1.165) is 10.8 Å². The monoisotopic (exact) mass is 396 g/mol. The summed E-state index contributed by atoms with van der Waals surface area (Å²) in [5.41, 5.74) is 0. The van der Waals surface area contributed by atoms with Gasteiger partial charge in [0.2, 0.25) is 0 Å². The van der Waals surface area contributed by atoms with Crippen molar-refractivity contribution in [1.29, 1.82) is 0 Å². The third-order valence-electron chi connectivity index (χ3n) is 4.48. The average Bonchev–Trinajstić information content (AvgIpc) is 2.66. The number of sulfone groups is 2. The largest absolute Gasteiger partial charge is 0.223 e. The summed E-state index contributed by atoms with van der Waals surface area (Å²) >= 11 is 0. The first-order chi connectivity index (χ1) is 12.9. The molecule has 0 aliphatic carbocycles. The summed E-state index contributed by atoms with van der Waals surface area (Å²) in [6.07, 6.45) is 0. The summed E-state index contributed by atoms with van der Waals surface area (Å²) in [4.78, 5) is 0.0637. The van der Waals surface area contributed by atoms with Crippen molar-refractivity contribution >= 4 is 41.2 Å². The molecule has 0 amide bonds. The molecular weight excluding hydrogens is 380 g/mol. The van der Waals surface area contributed by atoms with Gasteiger partial charge in [0.05, 0.1) is 9.79 Å². The van der Waals surface area contributed by atoms with Crippen LogP contribution < -0.4 is 0 Å². The molecule has 0 saturated heterocycles. The minimum Gasteiger partial charge on any atom is -0.223 e. The summed E-state index contributed by atoms with van der Waals surface area (Å²) in [7, 11) is -8.10. The molecule has 0 fully saturated rings. The molecule has 0 bridgehead atoms. The van der Waals surface area contributed by atoms with E-state index in [9.17, 15) is 16.8 Å². The van der Waals surface area contributed by atoms with Gasteiger partial charge in [0.1, 0.15) is 0 Å². The van der Waals surface area contributed by atoms with Crippen LogP contribution in [0, 0.1) is 0 Å². The van der Waals surface area contributed by atoms with E-state index >= 15 is 0 Å². The fourth-order valence-electron chi connectivity index (χ4n) is 3.27. The Morgan fingerprint density at radius 2 is 0.852 bits per heavy atom. The lowest BCUT2D eigenvalue weighted by Gasteiger charge is -2.11. The van der Waals surface area contributed by atoms with Gasteiger partial charge in [-0.15, -0.1) is 0 Å². The van der Waals surface area contributed by atoms with E-state index in [0.29, 0.717) is 10.8 Å². The van der Waals surface area contributed by atoms with Gasteiger partial charge in [-0.1, -0.05) is 72.8 Å². The highest BCUT2D eigenvalue weighted by Gasteiger charge is 2.28. The van der Waals surface area contributed by atoms with E-state index in [1.807, 2.05) is 12.1 Å². The van der Waals surface area contributed by atoms with Crippen molar-refractivity contribution in [2.75, 3.05) is 5.08 Å². The standard InChI is InChI=1S/C21H16O4S2/c22-26(23,20-13-5-9-16-7-1-3-11-18(16)20)15-27(24,25)21-14-6-10-17-8-2-4-12-19(17)21/h1-14H,15H2. The summed E-state index contributed by atoms with van der Waals surface area (Å²) < 4.78 is 52.0. The van der Waals surface area contributed by atoms with E-state index < -0.39 is 24.8 Å². The lowest BCUT2D eigenvalue weighted by molar-refractivity contribution is 0.590. The Labute approximate surface area is 157 Å². The highest BCUT2D eigenvalue weighted by molar-refractivity contribution is 8.08. The molecule has 4 rings (SSSR count). The number of benzene rings is 4. The Kier molecular flexibility index (Phi) is 4.25. The maximum Gasteiger partial charge on any atom is 0.193 e. The number of hydrogen-bond acceptors (Lipinski definition) is 4. The smallest absolute Gasteiger partial charge is 0.193 e. The molecule has 0 saturated carbocycles. The predicted molar refractivity (Wildman–Crippen MR) is 107 cm³/mol. The maximum absolute atomic E-state index is 13.0. The molecule has 0 N–H and O–H groups in total. The zero-order chi connectivity index (χ0) is 19.1. The van der Waals surface area contributed by atoms with Gasteiger partial charge in [0.25, 0.3) is 0 Å². The molecule has 0 unspecified atom stereocenters. The second-order valence-electron chi connectivity index (χ2n) is 6.30. The first kappa shape index (κ1) is 17.7. The van der Waals surface area contributed by atoms with Crippen LogP contribution in [0.5, 0.6) is 0 Å². The molecule has 6 heteroatoms. The number of rotatable bonds is 4. The van der Waals surface area contributed by atoms with Crippen molar-refractivity contribution < 1.29 is 16.8 Å². The molecule has 0 aliphatic rings. The van der Waals surface area contributed by atoms with Crippen LogP contribution in [0.25, 0.3) is 21.5 Å². The minimum atomic E-state index is -4.05. The van der Waals surface area contributed by atoms with Gasteiger partial charge in [-0.25, -0.2) is 16.8 Å². The molecule has 4 aromatic carbocycles. The Morgan fingerprint density at radius 3 is 1.30 bits per heavy atom. The first-order valence-corrected chi connectivity index (χ1v) is 11.6. The normalized spacial score (nSPS) is 12.4. The fourth-order valence-corrected chi connectivity index (χ4v) is 7.53. The van der Waals surface area contributed by atoms with Gasteiger partial charge in [-0.05, 0) is 22.9 Å². The summed E-state index contributed by atoms with van der Waals surface area (Å²) in [5.74, 6) is 0. The van der Waals surface area contributed by atoms with Crippen molar-refractivity contribution in [3.8, 4) is 0 Å². The lowest BCUT2D eigenvalue weighted by atomic mass is 10.1. The van der Waals surface area contributed by atoms with Crippen molar-refractivity contribution in [3.63, 3.8) is 0 Å². The minimum absolute atomic E-state index is 0.0319. The molecule has 4 nitrogen and oxygen atoms in total. The van der Waals surface area contributed by atoms with E-state index in [2.05, 4.69) is 0 Å². The highest BCUT2D eigenvalue weighted by Crippen LogP contribution is 2.28. The predicted octanol–water partition coefficient (Wildman–Crippen LogP) is 4.20. The van der Waals surface area contributed by atoms with Crippen LogP contribution in [0.2, 0.25) is 0 Å². The Hall–Kier alpha value is -2.70. The van der Waals surface area contributed by atoms with Gasteiger partial charge in [0.15, 0.2) is 24.8 Å². The van der Waals surface area contributed by atoms with E-state index in [1.165, 1.54) is 12.1 Å². The second-order valence-corrected chi connectivity index (χ2v) is 10.6. The molecule has 0 aromatic heterocycles. The number of fused-ring (bicyclic) bond motifs is 2. The summed E-state index contributed by atoms with van der Waals surface area (Å²) in [5, 5.41) is 1.57. The van der Waals surface area contributed by atoms with Crippen LogP contribution in [-0.2, 0) is 19.7 Å². The zero-order valence-corrected chi connectivity index (χ0v) is 15.9. The van der Waals surface area contributed by atoms with Crippen molar-refractivity contribution in [2.45, 2.75) is 9.79 Å². The van der Waals surface area contributed by atoms with E-state index in [1.54, 1.807) is 60.7 Å². The number of hydrogen-bond donors (Lipinski definition) is 0. The van der Waals surface area contributed by atoms with Gasteiger partial charge in [0, 0.05) is 10.8 Å². The Bertz CT molecular complexity index is 1250. The van der Waals surface area contributed by atoms with E-state index in [4.69, 9.17) is 0 Å². The lowest BCUT2D eigenvalue weighted by Crippen LogP contribution is -2.17. The third kappa shape index (κ3) is 3.22. The van der Waals surface area contributed by atoms with Crippen molar-refractivity contribution in [3.05, 3.63) is 84.9 Å². The second kappa shape index (κ2) is 6.48. The molecule has 0 aliphatic heterocycles. The van der Waals surface area contributed by atoms with Gasteiger partial charge >= 0.3 is 0 Å². The molecule has 0 radical (unpaired) electrons. The maximum atomic E-state index is 13.0. The summed E-state index contributed by atoms with van der Waals surface area (Å²) in [6.45, 7) is 0. The molecular formula is C21H16O4S2. The van der Waals surface area contributed by atoms with Crippen molar-refractivity contribution in [2.24, 2.45) is 0 Å². The Morgan fingerprint density at radius 1 is 0.481 bits per heavy atom. The van der Waals surface area contributed by atoms with E-state index in [-0.39, 0.29) is 9.79 Å². The van der Waals surface area contributed by atoms with Crippen LogP contribution in [0.15, 0.2) is 94.7 Å².